The number of carbonyl (C=O) groups excluding carboxylic acids is 1. The van der Waals surface area contributed by atoms with Crippen molar-refractivity contribution in [3.63, 3.8) is 0 Å². The highest BCUT2D eigenvalue weighted by molar-refractivity contribution is 5.92. The largest absolute Gasteiger partial charge is 0.486 e. The summed E-state index contributed by atoms with van der Waals surface area (Å²) in [5.41, 5.74) is -0.348. The number of carboxylic acid groups (broad SMARTS) is 1. The maximum atomic E-state index is 12.3. The highest BCUT2D eigenvalue weighted by Crippen LogP contribution is 2.38. The minimum absolute atomic E-state index is 0.195. The number of rotatable bonds is 2. The second-order valence-electron chi connectivity index (χ2n) is 5.80. The molecule has 1 aromatic carbocycles. The number of nitrogens with one attached hydrogen (secondary N) is 1. The van der Waals surface area contributed by atoms with Crippen molar-refractivity contribution in [2.24, 2.45) is 5.41 Å². The first-order valence-electron chi connectivity index (χ1n) is 7.17. The second kappa shape index (κ2) is 5.40. The summed E-state index contributed by atoms with van der Waals surface area (Å²) in [6.45, 7) is 3.18. The molecule has 7 heteroatoms. The standard InChI is InChI=1S/C15H18N2O5/c1-15(13(18)19)5-6-17(9-15)14(20)16-10-3-2-4-11-12(10)22-8-7-21-11/h2-4H,5-9H2,1H3,(H,16,20)(H,18,19). The van der Waals surface area contributed by atoms with E-state index in [2.05, 4.69) is 5.32 Å². The molecule has 1 unspecified atom stereocenters. The lowest BCUT2D eigenvalue weighted by molar-refractivity contribution is -0.146. The molecule has 1 saturated heterocycles. The molecule has 2 aliphatic rings. The molecule has 1 aromatic rings. The van der Waals surface area contributed by atoms with Gasteiger partial charge in [-0.1, -0.05) is 6.07 Å². The fourth-order valence-electron chi connectivity index (χ4n) is 2.68. The first-order valence-corrected chi connectivity index (χ1v) is 7.17. The van der Waals surface area contributed by atoms with Gasteiger partial charge < -0.3 is 24.8 Å². The Bertz CT molecular complexity index is 618. The summed E-state index contributed by atoms with van der Waals surface area (Å²) in [6, 6.07) is 4.96. The molecule has 0 radical (unpaired) electrons. The van der Waals surface area contributed by atoms with Crippen LogP contribution in [0.5, 0.6) is 11.5 Å². The highest BCUT2D eigenvalue weighted by Gasteiger charge is 2.42. The van der Waals surface area contributed by atoms with E-state index in [1.54, 1.807) is 25.1 Å². The molecule has 0 aromatic heterocycles. The number of amides is 2. The third-order valence-corrected chi connectivity index (χ3v) is 4.08. The number of anilines is 1. The van der Waals surface area contributed by atoms with Gasteiger partial charge in [-0.05, 0) is 25.5 Å². The zero-order valence-corrected chi connectivity index (χ0v) is 12.3. The van der Waals surface area contributed by atoms with Crippen molar-refractivity contribution in [3.05, 3.63) is 18.2 Å². The van der Waals surface area contributed by atoms with Crippen LogP contribution in [0, 0.1) is 5.41 Å². The second-order valence-corrected chi connectivity index (χ2v) is 5.80. The van der Waals surface area contributed by atoms with E-state index in [0.717, 1.165) is 0 Å². The number of urea groups is 1. The summed E-state index contributed by atoms with van der Waals surface area (Å²) in [4.78, 5) is 25.1. The molecule has 2 N–H and O–H groups in total. The summed E-state index contributed by atoms with van der Waals surface area (Å²) in [5, 5.41) is 12.0. The summed E-state index contributed by atoms with van der Waals surface area (Å²) >= 11 is 0. The monoisotopic (exact) mass is 306 g/mol. The minimum Gasteiger partial charge on any atom is -0.486 e. The highest BCUT2D eigenvalue weighted by atomic mass is 16.6. The lowest BCUT2D eigenvalue weighted by Gasteiger charge is -2.23. The number of fused-ring (bicyclic) bond motifs is 1. The maximum Gasteiger partial charge on any atom is 0.321 e. The molecule has 2 amide bonds. The topological polar surface area (TPSA) is 88.1 Å². The van der Waals surface area contributed by atoms with E-state index in [0.29, 0.717) is 43.4 Å². The predicted octanol–water partition coefficient (Wildman–Crippen LogP) is 1.79. The van der Waals surface area contributed by atoms with E-state index < -0.39 is 11.4 Å². The molecule has 118 valence electrons. The molecule has 0 aliphatic carbocycles. The number of hydrogen-bond acceptors (Lipinski definition) is 4. The molecule has 0 bridgehead atoms. The van der Waals surface area contributed by atoms with Gasteiger partial charge in [-0.25, -0.2) is 4.79 Å². The van der Waals surface area contributed by atoms with Crippen LogP contribution in [0.25, 0.3) is 0 Å². The Morgan fingerprint density at radius 1 is 1.32 bits per heavy atom. The number of para-hydroxylation sites is 1. The molecular formula is C15H18N2O5. The molecule has 2 heterocycles. The van der Waals surface area contributed by atoms with Crippen LogP contribution in [-0.4, -0.2) is 48.3 Å². The smallest absolute Gasteiger partial charge is 0.321 e. The lowest BCUT2D eigenvalue weighted by atomic mass is 9.90. The van der Waals surface area contributed by atoms with Crippen molar-refractivity contribution in [1.29, 1.82) is 0 Å². The van der Waals surface area contributed by atoms with Crippen LogP contribution < -0.4 is 14.8 Å². The van der Waals surface area contributed by atoms with E-state index in [9.17, 15) is 14.7 Å². The molecule has 7 nitrogen and oxygen atoms in total. The zero-order valence-electron chi connectivity index (χ0n) is 12.3. The number of benzene rings is 1. The van der Waals surface area contributed by atoms with Crippen LogP contribution in [0.3, 0.4) is 0 Å². The van der Waals surface area contributed by atoms with Crippen molar-refractivity contribution >= 4 is 17.7 Å². The number of hydrogen-bond donors (Lipinski definition) is 2. The van der Waals surface area contributed by atoms with Crippen LogP contribution in [0.2, 0.25) is 0 Å². The molecule has 1 atom stereocenters. The first kappa shape index (κ1) is 14.5. The maximum absolute atomic E-state index is 12.3. The van der Waals surface area contributed by atoms with Gasteiger partial charge in [0.25, 0.3) is 0 Å². The predicted molar refractivity (Wildman–Crippen MR) is 78.4 cm³/mol. The molecule has 2 aliphatic heterocycles. The average molecular weight is 306 g/mol. The first-order chi connectivity index (χ1) is 10.5. The van der Waals surface area contributed by atoms with Gasteiger partial charge in [-0.2, -0.15) is 0 Å². The molecule has 0 spiro atoms. The van der Waals surface area contributed by atoms with E-state index in [4.69, 9.17) is 9.47 Å². The van der Waals surface area contributed by atoms with Crippen molar-refractivity contribution in [3.8, 4) is 11.5 Å². The van der Waals surface area contributed by atoms with E-state index >= 15 is 0 Å². The Morgan fingerprint density at radius 2 is 2.09 bits per heavy atom. The number of aliphatic carboxylic acids is 1. The number of likely N-dealkylation sites (tertiary alicyclic amines) is 1. The quantitative estimate of drug-likeness (QED) is 0.869. The summed E-state index contributed by atoms with van der Waals surface area (Å²) < 4.78 is 11.0. The fraction of sp³-hybridized carbons (Fsp3) is 0.467. The number of nitrogens with zero attached hydrogens (tertiary/aromatic N) is 1. The van der Waals surface area contributed by atoms with Crippen LogP contribution in [0.4, 0.5) is 10.5 Å². The van der Waals surface area contributed by atoms with Crippen molar-refractivity contribution in [1.82, 2.24) is 4.90 Å². The van der Waals surface area contributed by atoms with Crippen LogP contribution in [0.1, 0.15) is 13.3 Å². The fourth-order valence-corrected chi connectivity index (χ4v) is 2.68. The molecule has 22 heavy (non-hydrogen) atoms. The Kier molecular flexibility index (Phi) is 3.56. The third kappa shape index (κ3) is 2.54. The van der Waals surface area contributed by atoms with Gasteiger partial charge in [0.15, 0.2) is 11.5 Å². The summed E-state index contributed by atoms with van der Waals surface area (Å²) in [6.07, 6.45) is 0.447. The Hall–Kier alpha value is -2.44. The van der Waals surface area contributed by atoms with Crippen molar-refractivity contribution in [2.75, 3.05) is 31.6 Å². The van der Waals surface area contributed by atoms with Gasteiger partial charge in [0, 0.05) is 13.1 Å². The number of ether oxygens (including phenoxy) is 2. The summed E-state index contributed by atoms with van der Waals surface area (Å²) in [7, 11) is 0. The van der Waals surface area contributed by atoms with Gasteiger partial charge in [-0.3, -0.25) is 4.79 Å². The van der Waals surface area contributed by atoms with Crippen molar-refractivity contribution in [2.45, 2.75) is 13.3 Å². The van der Waals surface area contributed by atoms with Gasteiger partial charge in [0.1, 0.15) is 13.2 Å². The van der Waals surface area contributed by atoms with Gasteiger partial charge in [-0.15, -0.1) is 0 Å². The van der Waals surface area contributed by atoms with Gasteiger partial charge in [0.2, 0.25) is 0 Å². The lowest BCUT2D eigenvalue weighted by Crippen LogP contribution is -2.37. The van der Waals surface area contributed by atoms with Crippen LogP contribution >= 0.6 is 0 Å². The van der Waals surface area contributed by atoms with E-state index in [1.807, 2.05) is 0 Å². The molecule has 1 fully saturated rings. The van der Waals surface area contributed by atoms with Crippen LogP contribution in [-0.2, 0) is 4.79 Å². The SMILES string of the molecule is CC1(C(=O)O)CCN(C(=O)Nc2cccc3c2OCCO3)C1. The number of carbonyl (C=O) groups is 2. The van der Waals surface area contributed by atoms with Crippen molar-refractivity contribution < 1.29 is 24.2 Å². The normalized spacial score (nSPS) is 23.2. The van der Waals surface area contributed by atoms with E-state index in [1.165, 1.54) is 4.90 Å². The van der Waals surface area contributed by atoms with Gasteiger partial charge in [0.05, 0.1) is 11.1 Å². The summed E-state index contributed by atoms with van der Waals surface area (Å²) in [5.74, 6) is 0.236. The van der Waals surface area contributed by atoms with E-state index in [-0.39, 0.29) is 12.6 Å². The van der Waals surface area contributed by atoms with Gasteiger partial charge >= 0.3 is 12.0 Å². The van der Waals surface area contributed by atoms with Crippen LogP contribution in [0.15, 0.2) is 18.2 Å². The molecular weight excluding hydrogens is 288 g/mol. The zero-order chi connectivity index (χ0) is 15.7. The Labute approximate surface area is 127 Å². The molecule has 0 saturated carbocycles. The Morgan fingerprint density at radius 3 is 2.82 bits per heavy atom. The molecule has 3 rings (SSSR count). The third-order valence-electron chi connectivity index (χ3n) is 4.08. The number of carboxylic acids is 1. The Balaban J connectivity index is 1.72. The minimum atomic E-state index is -0.882. The average Bonchev–Trinajstić information content (AvgIpc) is 2.92.